The van der Waals surface area contributed by atoms with E-state index in [9.17, 15) is 0 Å². The Labute approximate surface area is 372 Å². The standard InChI is InChI=1S/C60H41N3Si/c1-5-22-42(23-6-1)61-54-37-20-16-33-49(54)60-55(61)38-21-39-56(60)63-53-36-19-15-32-48(53)50-40-58(62-51-34-17-13-30-46(51)47-31-14-18-35-52(47)62)59(41-57(50)63)64(43-24-7-2-8-25-43,44-26-9-3-10-27-44)45-28-11-4-12-29-45/h1-41H. The first kappa shape index (κ1) is 36.5. The Balaban J connectivity index is 1.26. The van der Waals surface area contributed by atoms with Crippen LogP contribution in [0, 0.1) is 0 Å². The molecule has 64 heavy (non-hydrogen) atoms. The van der Waals surface area contributed by atoms with Gasteiger partial charge < -0.3 is 13.7 Å². The Hall–Kier alpha value is -8.18. The summed E-state index contributed by atoms with van der Waals surface area (Å²) in [6.07, 6.45) is 0. The average molecular weight is 832 g/mol. The molecule has 0 fully saturated rings. The SMILES string of the molecule is c1ccc(-n2c3ccccc3c3c(-n4c5ccccc5c5cc(-n6c7ccccc7c7ccccc76)c([Si](c6ccccc6)(c6ccccc6)c6ccccc6)cc54)cccc32)cc1. The van der Waals surface area contributed by atoms with Gasteiger partial charge in [0, 0.05) is 43.7 Å². The van der Waals surface area contributed by atoms with Crippen molar-refractivity contribution in [3.05, 3.63) is 249 Å². The minimum absolute atomic E-state index is 1.15. The summed E-state index contributed by atoms with van der Waals surface area (Å²) >= 11 is 0. The maximum Gasteiger partial charge on any atom is 0.181 e. The summed E-state index contributed by atoms with van der Waals surface area (Å²) in [6, 6.07) is 92.6. The Kier molecular flexibility index (Phi) is 8.23. The highest BCUT2D eigenvalue weighted by Crippen LogP contribution is 2.41. The molecule has 0 N–H and O–H groups in total. The molecule has 0 amide bonds. The number of nitrogens with zero attached hydrogens (tertiary/aromatic N) is 3. The second-order valence-corrected chi connectivity index (χ2v) is 20.6. The van der Waals surface area contributed by atoms with E-state index >= 15 is 0 Å². The molecule has 0 saturated heterocycles. The van der Waals surface area contributed by atoms with Gasteiger partial charge in [-0.3, -0.25) is 0 Å². The lowest BCUT2D eigenvalue weighted by Crippen LogP contribution is -2.75. The van der Waals surface area contributed by atoms with Gasteiger partial charge in [-0.05, 0) is 81.4 Å². The van der Waals surface area contributed by atoms with Crippen molar-refractivity contribution in [1.82, 2.24) is 13.7 Å². The molecule has 0 unspecified atom stereocenters. The molecule has 4 heteroatoms. The zero-order chi connectivity index (χ0) is 42.2. The Morgan fingerprint density at radius 3 is 1.16 bits per heavy atom. The van der Waals surface area contributed by atoms with E-state index in [2.05, 4.69) is 262 Å². The van der Waals surface area contributed by atoms with E-state index in [0.29, 0.717) is 0 Å². The summed E-state index contributed by atoms with van der Waals surface area (Å²) in [4.78, 5) is 0. The van der Waals surface area contributed by atoms with E-state index < -0.39 is 8.07 Å². The van der Waals surface area contributed by atoms with Crippen molar-refractivity contribution in [2.24, 2.45) is 0 Å². The predicted molar refractivity (Wildman–Crippen MR) is 273 cm³/mol. The van der Waals surface area contributed by atoms with E-state index in [4.69, 9.17) is 0 Å². The third-order valence-corrected chi connectivity index (χ3v) is 18.4. The molecule has 13 rings (SSSR count). The summed E-state index contributed by atoms with van der Waals surface area (Å²) in [5.74, 6) is 0. The first-order valence-corrected chi connectivity index (χ1v) is 24.1. The van der Waals surface area contributed by atoms with Gasteiger partial charge in [0.15, 0.2) is 8.07 Å². The topological polar surface area (TPSA) is 14.8 Å². The summed E-state index contributed by atoms with van der Waals surface area (Å²) in [5, 5.41) is 12.7. The van der Waals surface area contributed by atoms with Gasteiger partial charge in [-0.25, -0.2) is 0 Å². The van der Waals surface area contributed by atoms with Crippen molar-refractivity contribution in [2.45, 2.75) is 0 Å². The molecule has 300 valence electrons. The molecule has 0 radical (unpaired) electrons. The minimum Gasteiger partial charge on any atom is -0.309 e. The molecule has 0 aliphatic rings. The lowest BCUT2D eigenvalue weighted by molar-refractivity contribution is 1.17. The Bertz CT molecular complexity index is 3730. The number of rotatable bonds is 7. The van der Waals surface area contributed by atoms with Gasteiger partial charge in [-0.2, -0.15) is 0 Å². The van der Waals surface area contributed by atoms with Crippen molar-refractivity contribution in [1.29, 1.82) is 0 Å². The molecule has 0 saturated carbocycles. The molecule has 0 spiro atoms. The second-order valence-electron chi connectivity index (χ2n) is 16.8. The summed E-state index contributed by atoms with van der Waals surface area (Å²) < 4.78 is 7.55. The van der Waals surface area contributed by atoms with Crippen LogP contribution in [-0.2, 0) is 0 Å². The number of para-hydroxylation sites is 5. The molecule has 0 aliphatic carbocycles. The first-order valence-electron chi connectivity index (χ1n) is 22.1. The summed E-state index contributed by atoms with van der Waals surface area (Å²) in [5.41, 5.74) is 10.6. The fourth-order valence-corrected chi connectivity index (χ4v) is 15.9. The third-order valence-electron chi connectivity index (χ3n) is 13.6. The van der Waals surface area contributed by atoms with Crippen LogP contribution < -0.4 is 20.7 Å². The second kappa shape index (κ2) is 14.5. The lowest BCUT2D eigenvalue weighted by Gasteiger charge is -2.36. The number of benzene rings is 10. The molecule has 3 heterocycles. The maximum atomic E-state index is 2.60. The maximum absolute atomic E-state index is 3.14. The van der Waals surface area contributed by atoms with Gasteiger partial charge in [0.2, 0.25) is 0 Å². The van der Waals surface area contributed by atoms with Gasteiger partial charge in [-0.15, -0.1) is 0 Å². The zero-order valence-corrected chi connectivity index (χ0v) is 36.0. The van der Waals surface area contributed by atoms with Gasteiger partial charge in [0.25, 0.3) is 0 Å². The van der Waals surface area contributed by atoms with E-state index in [1.54, 1.807) is 0 Å². The Morgan fingerprint density at radius 1 is 0.250 bits per heavy atom. The van der Waals surface area contributed by atoms with Crippen molar-refractivity contribution in [3.8, 4) is 17.1 Å². The van der Waals surface area contributed by atoms with Crippen LogP contribution in [-0.4, -0.2) is 21.8 Å². The molecular formula is C60H41N3Si. The molecule has 10 aromatic carbocycles. The molecule has 0 aliphatic heterocycles. The Morgan fingerprint density at radius 2 is 0.641 bits per heavy atom. The van der Waals surface area contributed by atoms with Crippen molar-refractivity contribution >= 4 is 94.2 Å². The van der Waals surface area contributed by atoms with Crippen molar-refractivity contribution in [2.75, 3.05) is 0 Å². The molecule has 0 bridgehead atoms. The molecule has 3 nitrogen and oxygen atoms in total. The molecule has 3 aromatic heterocycles. The smallest absolute Gasteiger partial charge is 0.181 e. The highest BCUT2D eigenvalue weighted by atomic mass is 28.3. The minimum atomic E-state index is -3.14. The predicted octanol–water partition coefficient (Wildman–Crippen LogP) is 12.4. The highest BCUT2D eigenvalue weighted by molar-refractivity contribution is 7.20. The largest absolute Gasteiger partial charge is 0.309 e. The van der Waals surface area contributed by atoms with Crippen LogP contribution >= 0.6 is 0 Å². The van der Waals surface area contributed by atoms with Crippen LogP contribution in [0.2, 0.25) is 0 Å². The monoisotopic (exact) mass is 831 g/mol. The van der Waals surface area contributed by atoms with Gasteiger partial charge in [0.05, 0.1) is 38.8 Å². The van der Waals surface area contributed by atoms with Crippen LogP contribution in [0.5, 0.6) is 0 Å². The number of fused-ring (bicyclic) bond motifs is 9. The van der Waals surface area contributed by atoms with Gasteiger partial charge in [-0.1, -0.05) is 188 Å². The molecule has 13 aromatic rings. The van der Waals surface area contributed by atoms with E-state index in [-0.39, 0.29) is 0 Å². The van der Waals surface area contributed by atoms with Crippen LogP contribution in [0.25, 0.3) is 82.5 Å². The lowest BCUT2D eigenvalue weighted by atomic mass is 10.1. The fourth-order valence-electron chi connectivity index (χ4n) is 11.0. The van der Waals surface area contributed by atoms with Crippen LogP contribution in [0.15, 0.2) is 249 Å². The number of hydrogen-bond donors (Lipinski definition) is 0. The number of hydrogen-bond acceptors (Lipinski definition) is 0. The van der Waals surface area contributed by atoms with E-state index in [1.807, 2.05) is 0 Å². The van der Waals surface area contributed by atoms with Gasteiger partial charge in [0.1, 0.15) is 0 Å². The van der Waals surface area contributed by atoms with Crippen molar-refractivity contribution < 1.29 is 0 Å². The van der Waals surface area contributed by atoms with Crippen LogP contribution in [0.1, 0.15) is 0 Å². The van der Waals surface area contributed by atoms with Crippen LogP contribution in [0.4, 0.5) is 0 Å². The van der Waals surface area contributed by atoms with E-state index in [1.165, 1.54) is 91.9 Å². The third kappa shape index (κ3) is 5.21. The molecule has 0 atom stereocenters. The van der Waals surface area contributed by atoms with Gasteiger partial charge >= 0.3 is 0 Å². The summed E-state index contributed by atoms with van der Waals surface area (Å²) in [7, 11) is -3.14. The summed E-state index contributed by atoms with van der Waals surface area (Å²) in [6.45, 7) is 0. The fraction of sp³-hybridized carbons (Fsp3) is 0. The highest BCUT2D eigenvalue weighted by Gasteiger charge is 2.44. The number of aromatic nitrogens is 3. The van der Waals surface area contributed by atoms with E-state index in [0.717, 1.165) is 11.4 Å². The van der Waals surface area contributed by atoms with Crippen molar-refractivity contribution in [3.63, 3.8) is 0 Å². The molecular weight excluding hydrogens is 791 g/mol. The first-order chi connectivity index (χ1) is 31.8. The van der Waals surface area contributed by atoms with Crippen LogP contribution in [0.3, 0.4) is 0 Å². The average Bonchev–Trinajstić information content (AvgIpc) is 4.01. The normalized spacial score (nSPS) is 12.1. The quantitative estimate of drug-likeness (QED) is 0.112. The zero-order valence-electron chi connectivity index (χ0n) is 35.0.